The summed E-state index contributed by atoms with van der Waals surface area (Å²) < 4.78 is 37.5. The molecular formula is C16H13F3O2. The summed E-state index contributed by atoms with van der Waals surface area (Å²) in [4.78, 5) is 10.9. The van der Waals surface area contributed by atoms with Crippen molar-refractivity contribution in [2.75, 3.05) is 0 Å². The predicted molar refractivity (Wildman–Crippen MR) is 72.9 cm³/mol. The summed E-state index contributed by atoms with van der Waals surface area (Å²) in [5, 5.41) is 8.92. The third-order valence-corrected chi connectivity index (χ3v) is 3.33. The van der Waals surface area contributed by atoms with Crippen LogP contribution in [0.1, 0.15) is 24.0 Å². The van der Waals surface area contributed by atoms with Crippen LogP contribution in [0.25, 0.3) is 11.1 Å². The molecule has 2 rings (SSSR count). The van der Waals surface area contributed by atoms with E-state index in [9.17, 15) is 18.0 Å². The highest BCUT2D eigenvalue weighted by molar-refractivity contribution is 5.76. The van der Waals surface area contributed by atoms with Gasteiger partial charge in [0.15, 0.2) is 0 Å². The maximum Gasteiger partial charge on any atom is 0.416 e. The Kier molecular flexibility index (Phi) is 4.02. The topological polar surface area (TPSA) is 37.3 Å². The number of carboxylic acids is 1. The van der Waals surface area contributed by atoms with Crippen molar-refractivity contribution in [2.24, 2.45) is 0 Å². The summed E-state index contributed by atoms with van der Waals surface area (Å²) in [6.45, 7) is 1.58. The number of carboxylic acid groups (broad SMARTS) is 1. The Balaban J connectivity index is 2.25. The SMILES string of the molecule is C[C@H](C(=O)O)c1ccc(-c2ccc(C(F)(F)F)cc2)cc1. The van der Waals surface area contributed by atoms with Gasteiger partial charge in [0.25, 0.3) is 0 Å². The van der Waals surface area contributed by atoms with Gasteiger partial charge in [0.05, 0.1) is 11.5 Å². The van der Waals surface area contributed by atoms with Crippen molar-refractivity contribution in [1.29, 1.82) is 0 Å². The molecule has 5 heteroatoms. The number of hydrogen-bond acceptors (Lipinski definition) is 1. The van der Waals surface area contributed by atoms with Crippen LogP contribution < -0.4 is 0 Å². The number of rotatable bonds is 3. The maximum absolute atomic E-state index is 12.5. The van der Waals surface area contributed by atoms with E-state index in [2.05, 4.69) is 0 Å². The standard InChI is InChI=1S/C16H13F3O2/c1-10(15(20)21)11-2-4-12(5-3-11)13-6-8-14(9-7-13)16(17,18)19/h2-10H,1H3,(H,20,21)/t10-/m0/s1. The average Bonchev–Trinajstić information content (AvgIpc) is 2.46. The number of carbonyl (C=O) groups is 1. The van der Waals surface area contributed by atoms with Crippen molar-refractivity contribution in [2.45, 2.75) is 19.0 Å². The Morgan fingerprint density at radius 1 is 0.952 bits per heavy atom. The minimum Gasteiger partial charge on any atom is -0.481 e. The molecule has 21 heavy (non-hydrogen) atoms. The molecule has 0 aliphatic rings. The molecule has 1 atom stereocenters. The van der Waals surface area contributed by atoms with E-state index < -0.39 is 23.6 Å². The van der Waals surface area contributed by atoms with Gasteiger partial charge in [-0.2, -0.15) is 13.2 Å². The molecule has 0 saturated heterocycles. The maximum atomic E-state index is 12.5. The Morgan fingerprint density at radius 3 is 1.76 bits per heavy atom. The van der Waals surface area contributed by atoms with Gasteiger partial charge in [0.1, 0.15) is 0 Å². The second kappa shape index (κ2) is 5.60. The minimum absolute atomic E-state index is 0.619. The van der Waals surface area contributed by atoms with Gasteiger partial charge in [-0.3, -0.25) is 4.79 Å². The summed E-state index contributed by atoms with van der Waals surface area (Å²) >= 11 is 0. The van der Waals surface area contributed by atoms with Gasteiger partial charge in [-0.25, -0.2) is 0 Å². The number of aliphatic carboxylic acids is 1. The van der Waals surface area contributed by atoms with Gasteiger partial charge < -0.3 is 5.11 Å². The lowest BCUT2D eigenvalue weighted by Gasteiger charge is -2.09. The van der Waals surface area contributed by atoms with Crippen molar-refractivity contribution in [1.82, 2.24) is 0 Å². The summed E-state index contributed by atoms with van der Waals surface area (Å²) in [7, 11) is 0. The molecule has 0 heterocycles. The lowest BCUT2D eigenvalue weighted by molar-refractivity contribution is -0.138. The van der Waals surface area contributed by atoms with Gasteiger partial charge in [0.2, 0.25) is 0 Å². The van der Waals surface area contributed by atoms with Crippen LogP contribution >= 0.6 is 0 Å². The molecule has 0 fully saturated rings. The molecule has 0 saturated carbocycles. The first-order chi connectivity index (χ1) is 9.79. The van der Waals surface area contributed by atoms with E-state index in [1.54, 1.807) is 31.2 Å². The molecule has 0 spiro atoms. The van der Waals surface area contributed by atoms with Crippen LogP contribution in [0.4, 0.5) is 13.2 Å². The fraction of sp³-hybridized carbons (Fsp3) is 0.188. The molecule has 2 aromatic carbocycles. The van der Waals surface area contributed by atoms with Crippen molar-refractivity contribution in [3.05, 3.63) is 59.7 Å². The number of hydrogen-bond donors (Lipinski definition) is 1. The Hall–Kier alpha value is -2.30. The molecule has 2 aromatic rings. The van der Waals surface area contributed by atoms with Crippen LogP contribution in [0.3, 0.4) is 0 Å². The van der Waals surface area contributed by atoms with E-state index in [4.69, 9.17) is 5.11 Å². The van der Waals surface area contributed by atoms with Crippen LogP contribution in [0.15, 0.2) is 48.5 Å². The van der Waals surface area contributed by atoms with E-state index in [0.717, 1.165) is 17.7 Å². The second-order valence-corrected chi connectivity index (χ2v) is 4.76. The van der Waals surface area contributed by atoms with Gasteiger partial charge in [-0.1, -0.05) is 36.4 Å². The molecule has 2 nitrogen and oxygen atoms in total. The number of alkyl halides is 3. The average molecular weight is 294 g/mol. The van der Waals surface area contributed by atoms with Crippen molar-refractivity contribution >= 4 is 5.97 Å². The van der Waals surface area contributed by atoms with Crippen LogP contribution in [0.5, 0.6) is 0 Å². The zero-order chi connectivity index (χ0) is 15.6. The van der Waals surface area contributed by atoms with Crippen molar-refractivity contribution in [3.63, 3.8) is 0 Å². The predicted octanol–water partition coefficient (Wildman–Crippen LogP) is 4.56. The Morgan fingerprint density at radius 2 is 1.38 bits per heavy atom. The molecular weight excluding hydrogens is 281 g/mol. The highest BCUT2D eigenvalue weighted by Gasteiger charge is 2.29. The largest absolute Gasteiger partial charge is 0.481 e. The molecule has 0 bridgehead atoms. The third kappa shape index (κ3) is 3.42. The van der Waals surface area contributed by atoms with Crippen LogP contribution in [-0.4, -0.2) is 11.1 Å². The zero-order valence-electron chi connectivity index (χ0n) is 11.2. The molecule has 0 aliphatic carbocycles. The van der Waals surface area contributed by atoms with Gasteiger partial charge >= 0.3 is 12.1 Å². The zero-order valence-corrected chi connectivity index (χ0v) is 11.2. The highest BCUT2D eigenvalue weighted by atomic mass is 19.4. The van der Waals surface area contributed by atoms with Crippen molar-refractivity contribution < 1.29 is 23.1 Å². The van der Waals surface area contributed by atoms with Gasteiger partial charge in [0, 0.05) is 0 Å². The summed E-state index contributed by atoms with van der Waals surface area (Å²) in [5.74, 6) is -1.54. The monoisotopic (exact) mass is 294 g/mol. The lowest BCUT2D eigenvalue weighted by atomic mass is 9.97. The normalized spacial score (nSPS) is 13.0. The first kappa shape index (κ1) is 15.1. The van der Waals surface area contributed by atoms with Crippen LogP contribution in [0.2, 0.25) is 0 Å². The smallest absolute Gasteiger partial charge is 0.416 e. The fourth-order valence-corrected chi connectivity index (χ4v) is 1.96. The number of benzene rings is 2. The third-order valence-electron chi connectivity index (χ3n) is 3.33. The second-order valence-electron chi connectivity index (χ2n) is 4.76. The van der Waals surface area contributed by atoms with Crippen molar-refractivity contribution in [3.8, 4) is 11.1 Å². The Bertz CT molecular complexity index is 628. The van der Waals surface area contributed by atoms with Gasteiger partial charge in [-0.05, 0) is 35.7 Å². The summed E-state index contributed by atoms with van der Waals surface area (Å²) in [5.41, 5.74) is 1.35. The molecule has 0 amide bonds. The molecule has 1 N–H and O–H groups in total. The van der Waals surface area contributed by atoms with E-state index in [1.807, 2.05) is 0 Å². The molecule has 0 aliphatic heterocycles. The van der Waals surface area contributed by atoms with Crippen LogP contribution in [0, 0.1) is 0 Å². The molecule has 0 radical (unpaired) electrons. The lowest BCUT2D eigenvalue weighted by Crippen LogP contribution is -2.07. The summed E-state index contributed by atoms with van der Waals surface area (Å²) in [6.07, 6.45) is -4.35. The van der Waals surface area contributed by atoms with E-state index in [-0.39, 0.29) is 0 Å². The quantitative estimate of drug-likeness (QED) is 0.901. The molecule has 110 valence electrons. The minimum atomic E-state index is -4.35. The summed E-state index contributed by atoms with van der Waals surface area (Å²) in [6, 6.07) is 11.6. The van der Waals surface area contributed by atoms with Crippen LogP contribution in [-0.2, 0) is 11.0 Å². The Labute approximate surface area is 119 Å². The highest BCUT2D eigenvalue weighted by Crippen LogP contribution is 2.31. The molecule has 0 aromatic heterocycles. The number of halogens is 3. The van der Waals surface area contributed by atoms with E-state index in [0.29, 0.717) is 11.1 Å². The molecule has 0 unspecified atom stereocenters. The van der Waals surface area contributed by atoms with Gasteiger partial charge in [-0.15, -0.1) is 0 Å². The van der Waals surface area contributed by atoms with E-state index in [1.165, 1.54) is 12.1 Å². The first-order valence-corrected chi connectivity index (χ1v) is 6.29. The first-order valence-electron chi connectivity index (χ1n) is 6.29. The van der Waals surface area contributed by atoms with E-state index >= 15 is 0 Å². The fourth-order valence-electron chi connectivity index (χ4n) is 1.96.